The number of carbonyl (C=O) groups is 2. The summed E-state index contributed by atoms with van der Waals surface area (Å²) < 4.78 is 84.7. The predicted molar refractivity (Wildman–Crippen MR) is 171 cm³/mol. The topological polar surface area (TPSA) is 86.8 Å². The van der Waals surface area contributed by atoms with Crippen LogP contribution in [0.3, 0.4) is 0 Å². The first-order valence-electron chi connectivity index (χ1n) is 15.0. The molecule has 4 aromatic rings. The zero-order chi connectivity index (χ0) is 34.0. The van der Waals surface area contributed by atoms with E-state index in [1.165, 1.54) is 42.5 Å². The van der Waals surface area contributed by atoms with E-state index < -0.39 is 64.2 Å². The van der Waals surface area contributed by atoms with Crippen LogP contribution in [0.2, 0.25) is 0 Å². The van der Waals surface area contributed by atoms with Gasteiger partial charge in [0.1, 0.15) is 18.4 Å². The summed E-state index contributed by atoms with van der Waals surface area (Å²) in [7, 11) is -4.60. The number of hydrogen-bond donors (Lipinski definition) is 1. The number of halogens is 4. The SMILES string of the molecule is CCCCNC(=O)[C@@H](Cc1ccccc1)N(Cc1ccccc1F)C(=O)CN(c1cccc(C(F)(F)F)c1)S(=O)(=O)c1ccccc1. The fourth-order valence-corrected chi connectivity index (χ4v) is 6.38. The van der Waals surface area contributed by atoms with Gasteiger partial charge < -0.3 is 10.2 Å². The number of alkyl halides is 3. The Morgan fingerprint density at radius 3 is 2.13 bits per heavy atom. The highest BCUT2D eigenvalue weighted by atomic mass is 32.2. The van der Waals surface area contributed by atoms with Gasteiger partial charge in [-0.15, -0.1) is 0 Å². The van der Waals surface area contributed by atoms with Crippen molar-refractivity contribution >= 4 is 27.5 Å². The van der Waals surface area contributed by atoms with Crippen LogP contribution in [0.15, 0.2) is 114 Å². The van der Waals surface area contributed by atoms with Crippen molar-refractivity contribution in [2.75, 3.05) is 17.4 Å². The van der Waals surface area contributed by atoms with Gasteiger partial charge in [0.25, 0.3) is 10.0 Å². The molecule has 2 amide bonds. The highest BCUT2D eigenvalue weighted by molar-refractivity contribution is 7.92. The molecule has 1 atom stereocenters. The molecule has 0 unspecified atom stereocenters. The van der Waals surface area contributed by atoms with Crippen LogP contribution in [-0.4, -0.2) is 44.3 Å². The summed E-state index contributed by atoms with van der Waals surface area (Å²) in [6, 6.07) is 23.9. The number of nitrogens with zero attached hydrogens (tertiary/aromatic N) is 2. The number of rotatable bonds is 14. The molecule has 12 heteroatoms. The van der Waals surface area contributed by atoms with E-state index in [4.69, 9.17) is 0 Å². The maximum absolute atomic E-state index is 15.0. The van der Waals surface area contributed by atoms with E-state index in [0.717, 1.165) is 29.5 Å². The van der Waals surface area contributed by atoms with Crippen LogP contribution >= 0.6 is 0 Å². The number of benzene rings is 4. The Morgan fingerprint density at radius 1 is 0.851 bits per heavy atom. The zero-order valence-electron chi connectivity index (χ0n) is 25.7. The Morgan fingerprint density at radius 2 is 1.49 bits per heavy atom. The highest BCUT2D eigenvalue weighted by Crippen LogP contribution is 2.33. The Kier molecular flexibility index (Phi) is 11.8. The lowest BCUT2D eigenvalue weighted by atomic mass is 10.0. The van der Waals surface area contributed by atoms with Gasteiger partial charge >= 0.3 is 6.18 Å². The molecule has 248 valence electrons. The molecule has 47 heavy (non-hydrogen) atoms. The Labute approximate surface area is 271 Å². The summed E-state index contributed by atoms with van der Waals surface area (Å²) in [4.78, 5) is 28.9. The van der Waals surface area contributed by atoms with Gasteiger partial charge in [0.15, 0.2) is 0 Å². The van der Waals surface area contributed by atoms with Crippen LogP contribution in [-0.2, 0) is 38.8 Å². The minimum atomic E-state index is -4.80. The van der Waals surface area contributed by atoms with Crippen LogP contribution < -0.4 is 9.62 Å². The molecular weight excluding hydrogens is 634 g/mol. The number of carbonyl (C=O) groups excluding carboxylic acids is 2. The first-order chi connectivity index (χ1) is 22.4. The van der Waals surface area contributed by atoms with E-state index in [9.17, 15) is 35.6 Å². The average Bonchev–Trinajstić information content (AvgIpc) is 3.06. The highest BCUT2D eigenvalue weighted by Gasteiger charge is 2.36. The lowest BCUT2D eigenvalue weighted by Gasteiger charge is -2.34. The molecule has 4 aromatic carbocycles. The van der Waals surface area contributed by atoms with E-state index in [0.29, 0.717) is 28.9 Å². The molecule has 0 aromatic heterocycles. The molecule has 0 bridgehead atoms. The van der Waals surface area contributed by atoms with Crippen molar-refractivity contribution in [2.24, 2.45) is 0 Å². The molecule has 7 nitrogen and oxygen atoms in total. The van der Waals surface area contributed by atoms with Crippen molar-refractivity contribution < 1.29 is 35.6 Å². The van der Waals surface area contributed by atoms with Crippen molar-refractivity contribution in [3.05, 3.63) is 132 Å². The summed E-state index contributed by atoms with van der Waals surface area (Å²) in [5, 5.41) is 2.82. The van der Waals surface area contributed by atoms with Crippen molar-refractivity contribution in [3.63, 3.8) is 0 Å². The van der Waals surface area contributed by atoms with Gasteiger partial charge in [-0.05, 0) is 48.4 Å². The first kappa shape index (κ1) is 35.1. The van der Waals surface area contributed by atoms with Crippen LogP contribution in [0.1, 0.15) is 36.5 Å². The molecule has 1 N–H and O–H groups in total. The van der Waals surface area contributed by atoms with E-state index in [1.54, 1.807) is 42.5 Å². The standard InChI is InChI=1S/C35H35F4N3O4S/c1-2-3-21-40-34(44)32(22-26-13-6-4-7-14-26)41(24-27-15-10-11-20-31(27)36)33(43)25-42(47(45,46)30-18-8-5-9-19-30)29-17-12-16-28(23-29)35(37,38)39/h4-20,23,32H,2-3,21-22,24-25H2,1H3,(H,40,44)/t32-/m1/s1. The van der Waals surface area contributed by atoms with Crippen LogP contribution in [0.4, 0.5) is 23.2 Å². The maximum atomic E-state index is 15.0. The third kappa shape index (κ3) is 9.19. The summed E-state index contributed by atoms with van der Waals surface area (Å²) in [5.74, 6) is -2.11. The summed E-state index contributed by atoms with van der Waals surface area (Å²) in [6.07, 6.45) is -3.35. The third-order valence-corrected chi connectivity index (χ3v) is 9.26. The van der Waals surface area contributed by atoms with Gasteiger partial charge in [-0.1, -0.05) is 86.1 Å². The minimum Gasteiger partial charge on any atom is -0.354 e. The molecular formula is C35H35F4N3O4S. The zero-order valence-corrected chi connectivity index (χ0v) is 26.5. The van der Waals surface area contributed by atoms with Crippen molar-refractivity contribution in [1.29, 1.82) is 0 Å². The van der Waals surface area contributed by atoms with Crippen LogP contribution in [0.5, 0.6) is 0 Å². The van der Waals surface area contributed by atoms with E-state index in [-0.39, 0.29) is 16.9 Å². The van der Waals surface area contributed by atoms with Crippen LogP contribution in [0.25, 0.3) is 0 Å². The molecule has 0 saturated heterocycles. The number of hydrogen-bond acceptors (Lipinski definition) is 4. The van der Waals surface area contributed by atoms with Gasteiger partial charge in [-0.2, -0.15) is 13.2 Å². The lowest BCUT2D eigenvalue weighted by Crippen LogP contribution is -2.53. The van der Waals surface area contributed by atoms with Crippen molar-refractivity contribution in [3.8, 4) is 0 Å². The normalized spacial score (nSPS) is 12.3. The summed E-state index contributed by atoms with van der Waals surface area (Å²) >= 11 is 0. The molecule has 4 rings (SSSR count). The molecule has 0 fully saturated rings. The fraction of sp³-hybridized carbons (Fsp3) is 0.257. The predicted octanol–water partition coefficient (Wildman–Crippen LogP) is 6.60. The second kappa shape index (κ2) is 15.7. The van der Waals surface area contributed by atoms with Crippen LogP contribution in [0, 0.1) is 5.82 Å². The molecule has 0 saturated carbocycles. The van der Waals surface area contributed by atoms with Crippen molar-refractivity contribution in [2.45, 2.75) is 49.8 Å². The van der Waals surface area contributed by atoms with Gasteiger partial charge in [-0.3, -0.25) is 13.9 Å². The summed E-state index contributed by atoms with van der Waals surface area (Å²) in [6.45, 7) is 0.866. The molecule has 0 radical (unpaired) electrons. The molecule has 0 heterocycles. The van der Waals surface area contributed by atoms with Gasteiger partial charge in [0.05, 0.1) is 16.1 Å². The quantitative estimate of drug-likeness (QED) is 0.121. The smallest absolute Gasteiger partial charge is 0.354 e. The second-order valence-electron chi connectivity index (χ2n) is 10.8. The van der Waals surface area contributed by atoms with Gasteiger partial charge in [-0.25, -0.2) is 12.8 Å². The van der Waals surface area contributed by atoms with E-state index in [2.05, 4.69) is 5.32 Å². The minimum absolute atomic E-state index is 0.00792. The molecule has 0 aliphatic carbocycles. The number of unbranched alkanes of at least 4 members (excludes halogenated alkanes) is 1. The molecule has 0 aliphatic rings. The second-order valence-corrected chi connectivity index (χ2v) is 12.7. The maximum Gasteiger partial charge on any atom is 0.416 e. The molecule has 0 aliphatic heterocycles. The van der Waals surface area contributed by atoms with E-state index >= 15 is 0 Å². The Hall–Kier alpha value is -4.71. The number of anilines is 1. The number of amides is 2. The van der Waals surface area contributed by atoms with Crippen molar-refractivity contribution in [1.82, 2.24) is 10.2 Å². The Balaban J connectivity index is 1.83. The first-order valence-corrected chi connectivity index (χ1v) is 16.5. The molecule has 0 spiro atoms. The lowest BCUT2D eigenvalue weighted by molar-refractivity contribution is -0.140. The van der Waals surface area contributed by atoms with Gasteiger partial charge in [0, 0.05) is 25.1 Å². The number of nitrogens with one attached hydrogen (secondary N) is 1. The number of sulfonamides is 1. The van der Waals surface area contributed by atoms with Gasteiger partial charge in [0.2, 0.25) is 11.8 Å². The van der Waals surface area contributed by atoms with E-state index in [1.807, 2.05) is 6.92 Å². The fourth-order valence-electron chi connectivity index (χ4n) is 4.96. The third-order valence-electron chi connectivity index (χ3n) is 7.47. The largest absolute Gasteiger partial charge is 0.416 e. The average molecular weight is 670 g/mol. The monoisotopic (exact) mass is 669 g/mol. The summed E-state index contributed by atoms with van der Waals surface area (Å²) in [5.41, 5.74) is -0.774. The Bertz CT molecular complexity index is 1750.